The summed E-state index contributed by atoms with van der Waals surface area (Å²) in [6, 6.07) is 5.54. The zero-order valence-corrected chi connectivity index (χ0v) is 15.8. The molecule has 0 fully saturated rings. The molecule has 4 N–H and O–H groups in total. The molecule has 0 aliphatic rings. The van der Waals surface area contributed by atoms with Crippen molar-refractivity contribution in [2.45, 2.75) is 62.0 Å². The summed E-state index contributed by atoms with van der Waals surface area (Å²) in [6.45, 7) is 3.58. The lowest BCUT2D eigenvalue weighted by molar-refractivity contribution is -0.130. The average Bonchev–Trinajstić information content (AvgIpc) is 2.66. The molecule has 0 heterocycles. The van der Waals surface area contributed by atoms with E-state index in [-0.39, 0.29) is 11.3 Å². The van der Waals surface area contributed by atoms with Gasteiger partial charge in [-0.05, 0) is 31.0 Å². The summed E-state index contributed by atoms with van der Waals surface area (Å²) in [7, 11) is -3.99. The molecule has 0 aliphatic heterocycles. The highest BCUT2D eigenvalue weighted by molar-refractivity contribution is 7.92. The summed E-state index contributed by atoms with van der Waals surface area (Å²) in [5.74, 6) is -2.24. The molecule has 0 saturated carbocycles. The van der Waals surface area contributed by atoms with Crippen LogP contribution in [0.5, 0.6) is 0 Å². The smallest absolute Gasteiger partial charge is 0.262 e. The van der Waals surface area contributed by atoms with Crippen LogP contribution in [0.15, 0.2) is 29.2 Å². The second kappa shape index (κ2) is 10.2. The Morgan fingerprint density at radius 1 is 1.00 bits per heavy atom. The Labute approximate surface area is 153 Å². The van der Waals surface area contributed by atoms with Crippen molar-refractivity contribution in [3.8, 4) is 0 Å². The average molecular weight is 386 g/mol. The minimum atomic E-state index is -3.99. The molecule has 1 aromatic rings. The van der Waals surface area contributed by atoms with E-state index in [1.165, 1.54) is 29.7 Å². The number of rotatable bonds is 10. The molecule has 1 aromatic carbocycles. The number of hydrogen-bond acceptors (Lipinski definition) is 6. The molecule has 0 bridgehead atoms. The molecular weight excluding hydrogens is 360 g/mol. The van der Waals surface area contributed by atoms with E-state index in [0.29, 0.717) is 12.0 Å². The normalized spacial score (nSPS) is 13.7. The van der Waals surface area contributed by atoms with Crippen LogP contribution in [0.2, 0.25) is 0 Å². The third kappa shape index (κ3) is 5.52. The van der Waals surface area contributed by atoms with Gasteiger partial charge in [0.05, 0.1) is 10.8 Å². The van der Waals surface area contributed by atoms with Gasteiger partial charge in [0.25, 0.3) is 11.8 Å². The Balaban J connectivity index is 3.03. The molecule has 0 radical (unpaired) electrons. The van der Waals surface area contributed by atoms with Crippen LogP contribution < -0.4 is 11.0 Å². The highest BCUT2D eigenvalue weighted by Gasteiger charge is 2.33. The molecule has 0 saturated heterocycles. The molecule has 2 atom stereocenters. The van der Waals surface area contributed by atoms with Gasteiger partial charge in [-0.1, -0.05) is 44.7 Å². The molecule has 9 heteroatoms. The molecule has 8 nitrogen and oxygen atoms in total. The monoisotopic (exact) mass is 386 g/mol. The van der Waals surface area contributed by atoms with Gasteiger partial charge in [0, 0.05) is 0 Å². The van der Waals surface area contributed by atoms with Crippen LogP contribution in [-0.4, -0.2) is 35.9 Å². The second-order valence-corrected chi connectivity index (χ2v) is 8.26. The van der Waals surface area contributed by atoms with Crippen molar-refractivity contribution in [1.29, 1.82) is 0 Å². The number of hydroxylamine groups is 2. The van der Waals surface area contributed by atoms with Crippen LogP contribution in [0, 0.1) is 0 Å². The molecule has 146 valence electrons. The predicted octanol–water partition coefficient (Wildman–Crippen LogP) is 1.91. The lowest BCUT2D eigenvalue weighted by Crippen LogP contribution is -2.38. The van der Waals surface area contributed by atoms with Crippen LogP contribution in [0.25, 0.3) is 0 Å². The lowest BCUT2D eigenvalue weighted by atomic mass is 10.0. The van der Waals surface area contributed by atoms with E-state index in [9.17, 15) is 18.0 Å². The number of benzene rings is 1. The molecule has 0 spiro atoms. The van der Waals surface area contributed by atoms with Crippen molar-refractivity contribution >= 4 is 21.7 Å². The maximum Gasteiger partial charge on any atom is 0.262 e. The number of amides is 2. The summed E-state index contributed by atoms with van der Waals surface area (Å²) < 4.78 is 25.6. The van der Waals surface area contributed by atoms with Gasteiger partial charge in [0.1, 0.15) is 5.25 Å². The van der Waals surface area contributed by atoms with E-state index in [1.807, 2.05) is 6.92 Å². The third-order valence-electron chi connectivity index (χ3n) is 4.31. The largest absolute Gasteiger partial charge is 0.289 e. The highest BCUT2D eigenvalue weighted by Crippen LogP contribution is 2.24. The van der Waals surface area contributed by atoms with Crippen LogP contribution >= 0.6 is 0 Å². The first-order valence-electron chi connectivity index (χ1n) is 8.51. The third-order valence-corrected chi connectivity index (χ3v) is 6.44. The summed E-state index contributed by atoms with van der Waals surface area (Å²) >= 11 is 0. The first-order valence-corrected chi connectivity index (χ1v) is 10.1. The number of sulfone groups is 1. The van der Waals surface area contributed by atoms with Gasteiger partial charge < -0.3 is 0 Å². The number of carbonyl (C=O) groups is 2. The first-order chi connectivity index (χ1) is 12.3. The zero-order valence-electron chi connectivity index (χ0n) is 14.9. The minimum absolute atomic E-state index is 0.0676. The molecule has 0 aliphatic carbocycles. The van der Waals surface area contributed by atoms with Crippen molar-refractivity contribution in [3.05, 3.63) is 29.8 Å². The minimum Gasteiger partial charge on any atom is -0.289 e. The zero-order chi connectivity index (χ0) is 19.7. The van der Waals surface area contributed by atoms with Crippen LogP contribution in [0.1, 0.15) is 57.4 Å². The summed E-state index contributed by atoms with van der Waals surface area (Å²) in [5.41, 5.74) is 3.49. The maximum absolute atomic E-state index is 12.8. The van der Waals surface area contributed by atoms with Crippen LogP contribution in [0.4, 0.5) is 0 Å². The van der Waals surface area contributed by atoms with E-state index in [4.69, 9.17) is 10.4 Å². The Morgan fingerprint density at radius 3 is 2.08 bits per heavy atom. The maximum atomic E-state index is 12.8. The first kappa shape index (κ1) is 22.1. The van der Waals surface area contributed by atoms with Crippen LogP contribution in [-0.2, 0) is 19.4 Å². The Kier molecular flexibility index (Phi) is 8.70. The molecule has 0 aromatic heterocycles. The fraction of sp³-hybridized carbons (Fsp3) is 0.529. The fourth-order valence-corrected chi connectivity index (χ4v) is 4.27. The summed E-state index contributed by atoms with van der Waals surface area (Å²) in [4.78, 5) is 23.3. The van der Waals surface area contributed by atoms with Gasteiger partial charge in [-0.15, -0.1) is 0 Å². The molecule has 2 amide bonds. The van der Waals surface area contributed by atoms with Crippen molar-refractivity contribution in [3.63, 3.8) is 0 Å². The van der Waals surface area contributed by atoms with Gasteiger partial charge in [0.2, 0.25) is 0 Å². The Morgan fingerprint density at radius 2 is 1.58 bits per heavy atom. The van der Waals surface area contributed by atoms with Gasteiger partial charge in [-0.25, -0.2) is 19.4 Å². The second-order valence-electron chi connectivity index (χ2n) is 6.13. The number of nitrogens with one attached hydrogen (secondary N) is 2. The number of unbranched alkanes of at least 4 members (excludes halogenated alkanes) is 3. The van der Waals surface area contributed by atoms with Gasteiger partial charge in [0.15, 0.2) is 9.84 Å². The quantitative estimate of drug-likeness (QED) is 0.276. The Bertz CT molecular complexity index is 702. The lowest BCUT2D eigenvalue weighted by Gasteiger charge is -2.16. The van der Waals surface area contributed by atoms with Crippen molar-refractivity contribution in [1.82, 2.24) is 11.0 Å². The SMILES string of the molecule is CCCCCCC(C(=O)NO)S(=O)(=O)c1ccc(C(C)C(=O)NO)cc1. The van der Waals surface area contributed by atoms with Crippen molar-refractivity contribution < 1.29 is 28.4 Å². The predicted molar refractivity (Wildman–Crippen MR) is 94.4 cm³/mol. The Hall–Kier alpha value is -1.97. The van der Waals surface area contributed by atoms with Crippen molar-refractivity contribution in [2.24, 2.45) is 0 Å². The number of carbonyl (C=O) groups excluding carboxylic acids is 2. The van der Waals surface area contributed by atoms with Gasteiger partial charge in [-0.2, -0.15) is 0 Å². The van der Waals surface area contributed by atoms with Gasteiger partial charge >= 0.3 is 0 Å². The van der Waals surface area contributed by atoms with Crippen molar-refractivity contribution in [2.75, 3.05) is 0 Å². The molecule has 26 heavy (non-hydrogen) atoms. The summed E-state index contributed by atoms with van der Waals surface area (Å²) in [6.07, 6.45) is 3.38. The van der Waals surface area contributed by atoms with Crippen LogP contribution in [0.3, 0.4) is 0 Å². The fourth-order valence-electron chi connectivity index (χ4n) is 2.61. The van der Waals surface area contributed by atoms with E-state index in [0.717, 1.165) is 19.3 Å². The van der Waals surface area contributed by atoms with E-state index < -0.39 is 32.8 Å². The summed E-state index contributed by atoms with van der Waals surface area (Å²) in [5, 5.41) is 16.2. The molecule has 1 rings (SSSR count). The van der Waals surface area contributed by atoms with Gasteiger partial charge in [-0.3, -0.25) is 20.0 Å². The molecule has 2 unspecified atom stereocenters. The topological polar surface area (TPSA) is 133 Å². The van der Waals surface area contributed by atoms with E-state index in [1.54, 1.807) is 12.4 Å². The standard InChI is InChI=1S/C17H26N2O6S/c1-3-4-5-6-7-15(17(21)19-23)26(24,25)14-10-8-13(9-11-14)12(2)16(20)18-22/h8-12,15,22-23H,3-7H2,1-2H3,(H,18,20)(H,19,21). The molecular formula is C17H26N2O6S. The highest BCUT2D eigenvalue weighted by atomic mass is 32.2. The van der Waals surface area contributed by atoms with E-state index in [2.05, 4.69) is 0 Å². The van der Waals surface area contributed by atoms with E-state index >= 15 is 0 Å². The number of hydrogen-bond donors (Lipinski definition) is 4.